The lowest BCUT2D eigenvalue weighted by Gasteiger charge is -2.14. The first kappa shape index (κ1) is 17.8. The van der Waals surface area contributed by atoms with Crippen molar-refractivity contribution in [3.8, 4) is 5.75 Å². The highest BCUT2D eigenvalue weighted by Crippen LogP contribution is 2.46. The molecular formula is C13H17O6PS. The summed E-state index contributed by atoms with van der Waals surface area (Å²) in [5.41, 5.74) is 1.81. The van der Waals surface area contributed by atoms with Crippen molar-refractivity contribution in [3.63, 3.8) is 0 Å². The minimum atomic E-state index is -4.23. The van der Waals surface area contributed by atoms with E-state index in [9.17, 15) is 14.3 Å². The number of carbonyl (C=O) groups excluding carboxylic acids is 1. The van der Waals surface area contributed by atoms with Crippen LogP contribution in [0, 0.1) is 6.92 Å². The lowest BCUT2D eigenvalue weighted by Crippen LogP contribution is -2.08. The first-order valence-electron chi connectivity index (χ1n) is 6.03. The van der Waals surface area contributed by atoms with Crippen LogP contribution >= 0.6 is 20.7 Å². The molecule has 21 heavy (non-hydrogen) atoms. The van der Waals surface area contributed by atoms with Crippen molar-refractivity contribution in [2.24, 2.45) is 0 Å². The van der Waals surface area contributed by atoms with Crippen LogP contribution in [0.1, 0.15) is 18.1 Å². The van der Waals surface area contributed by atoms with Gasteiger partial charge in [0.1, 0.15) is 5.75 Å². The highest BCUT2D eigenvalue weighted by molar-refractivity contribution is 7.80. The van der Waals surface area contributed by atoms with Crippen molar-refractivity contribution in [3.05, 3.63) is 41.5 Å². The summed E-state index contributed by atoms with van der Waals surface area (Å²) in [4.78, 5) is 20.5. The summed E-state index contributed by atoms with van der Waals surface area (Å²) < 4.78 is 25.3. The summed E-state index contributed by atoms with van der Waals surface area (Å²) in [6.07, 6.45) is 0.444. The SMILES string of the molecule is C=C(C)C(=O)OCCc1cccc(OP(=O)(O)OS)c1C. The van der Waals surface area contributed by atoms with Crippen LogP contribution < -0.4 is 4.52 Å². The van der Waals surface area contributed by atoms with Crippen LogP contribution in [0.2, 0.25) is 0 Å². The van der Waals surface area contributed by atoms with Crippen molar-refractivity contribution in [1.82, 2.24) is 0 Å². The third-order valence-corrected chi connectivity index (χ3v) is 3.92. The normalized spacial score (nSPS) is 13.3. The van der Waals surface area contributed by atoms with Gasteiger partial charge in [-0.15, -0.1) is 0 Å². The molecule has 0 saturated carbocycles. The van der Waals surface area contributed by atoms with Gasteiger partial charge in [0.25, 0.3) is 0 Å². The zero-order valence-electron chi connectivity index (χ0n) is 11.7. The zero-order valence-corrected chi connectivity index (χ0v) is 13.5. The average molecular weight is 332 g/mol. The molecule has 1 aromatic carbocycles. The van der Waals surface area contributed by atoms with Gasteiger partial charge in [0.05, 0.1) is 6.61 Å². The number of phosphoric acid groups is 1. The van der Waals surface area contributed by atoms with Gasteiger partial charge in [0.2, 0.25) is 0 Å². The van der Waals surface area contributed by atoms with Gasteiger partial charge in [-0.1, -0.05) is 18.7 Å². The molecule has 1 aromatic rings. The molecule has 6 nitrogen and oxygen atoms in total. The summed E-state index contributed by atoms with van der Waals surface area (Å²) >= 11 is 3.29. The highest BCUT2D eigenvalue weighted by Gasteiger charge is 2.23. The largest absolute Gasteiger partial charge is 0.538 e. The molecule has 0 amide bonds. The van der Waals surface area contributed by atoms with E-state index in [0.29, 0.717) is 17.6 Å². The van der Waals surface area contributed by atoms with Gasteiger partial charge >= 0.3 is 13.8 Å². The van der Waals surface area contributed by atoms with E-state index in [1.165, 1.54) is 6.07 Å². The summed E-state index contributed by atoms with van der Waals surface area (Å²) in [5.74, 6) is -0.248. The Labute approximate surface area is 129 Å². The van der Waals surface area contributed by atoms with Crippen LogP contribution in [0.25, 0.3) is 0 Å². The fourth-order valence-corrected chi connectivity index (χ4v) is 2.13. The Morgan fingerprint density at radius 2 is 2.14 bits per heavy atom. The highest BCUT2D eigenvalue weighted by atomic mass is 32.1. The van der Waals surface area contributed by atoms with E-state index in [2.05, 4.69) is 23.5 Å². The van der Waals surface area contributed by atoms with Crippen molar-refractivity contribution in [2.45, 2.75) is 20.3 Å². The van der Waals surface area contributed by atoms with Crippen LogP contribution in [-0.4, -0.2) is 17.5 Å². The second-order valence-corrected chi connectivity index (χ2v) is 6.12. The summed E-state index contributed by atoms with van der Waals surface area (Å²) in [7, 11) is -4.23. The Balaban J connectivity index is 2.75. The number of rotatable bonds is 7. The third kappa shape index (κ3) is 5.55. The van der Waals surface area contributed by atoms with Crippen LogP contribution in [0.5, 0.6) is 5.75 Å². The predicted octanol–water partition coefficient (Wildman–Crippen LogP) is 3.00. The van der Waals surface area contributed by atoms with Gasteiger partial charge in [0, 0.05) is 12.0 Å². The first-order chi connectivity index (χ1) is 9.76. The van der Waals surface area contributed by atoms with Gasteiger partial charge in [0.15, 0.2) is 0 Å². The molecule has 0 aromatic heterocycles. The number of thiol groups is 1. The second-order valence-electron chi connectivity index (χ2n) is 4.35. The van der Waals surface area contributed by atoms with Crippen LogP contribution in [0.4, 0.5) is 0 Å². The van der Waals surface area contributed by atoms with E-state index in [1.54, 1.807) is 26.0 Å². The van der Waals surface area contributed by atoms with Gasteiger partial charge in [-0.2, -0.15) is 0 Å². The van der Waals surface area contributed by atoms with Crippen molar-refractivity contribution >= 4 is 26.7 Å². The van der Waals surface area contributed by atoms with Gasteiger partial charge in [-0.25, -0.2) is 13.3 Å². The van der Waals surface area contributed by atoms with Crippen molar-refractivity contribution < 1.29 is 27.5 Å². The van der Waals surface area contributed by atoms with Crippen LogP contribution in [0.3, 0.4) is 0 Å². The molecule has 1 rings (SSSR count). The first-order valence-corrected chi connectivity index (χ1v) is 7.89. The van der Waals surface area contributed by atoms with E-state index < -0.39 is 13.8 Å². The minimum Gasteiger partial charge on any atom is -0.462 e. The number of esters is 1. The van der Waals surface area contributed by atoms with Crippen LogP contribution in [0.15, 0.2) is 30.4 Å². The number of phosphoric ester groups is 1. The molecule has 0 aliphatic rings. The Hall–Kier alpha value is -1.27. The molecule has 1 atom stereocenters. The van der Waals surface area contributed by atoms with Gasteiger partial charge in [-0.3, -0.25) is 4.89 Å². The lowest BCUT2D eigenvalue weighted by atomic mass is 10.1. The molecule has 0 saturated heterocycles. The molecule has 0 fully saturated rings. The molecule has 116 valence electrons. The maximum atomic E-state index is 11.3. The molecule has 0 bridgehead atoms. The fraction of sp³-hybridized carbons (Fsp3) is 0.308. The maximum absolute atomic E-state index is 11.3. The van der Waals surface area contributed by atoms with Gasteiger partial charge < -0.3 is 9.26 Å². The molecule has 1 N–H and O–H groups in total. The molecule has 0 heterocycles. The Morgan fingerprint density at radius 1 is 1.48 bits per heavy atom. The summed E-state index contributed by atoms with van der Waals surface area (Å²) in [5, 5.41) is 0. The lowest BCUT2D eigenvalue weighted by molar-refractivity contribution is -0.138. The average Bonchev–Trinajstić information content (AvgIpc) is 2.42. The predicted molar refractivity (Wildman–Crippen MR) is 81.2 cm³/mol. The summed E-state index contributed by atoms with van der Waals surface area (Å²) in [6.45, 7) is 6.96. The molecule has 0 aliphatic carbocycles. The number of hydrogen-bond donors (Lipinski definition) is 2. The number of carbonyl (C=O) groups is 1. The number of hydrogen-bond acceptors (Lipinski definition) is 6. The second kappa shape index (κ2) is 7.66. The van der Waals surface area contributed by atoms with E-state index >= 15 is 0 Å². The monoisotopic (exact) mass is 332 g/mol. The van der Waals surface area contributed by atoms with Crippen molar-refractivity contribution in [2.75, 3.05) is 6.61 Å². The third-order valence-electron chi connectivity index (χ3n) is 2.67. The quantitative estimate of drug-likeness (QED) is 0.263. The Kier molecular flexibility index (Phi) is 6.48. The van der Waals surface area contributed by atoms with E-state index in [-0.39, 0.29) is 12.4 Å². The van der Waals surface area contributed by atoms with Crippen LogP contribution in [-0.2, 0) is 24.5 Å². The fourth-order valence-electron chi connectivity index (χ4n) is 1.55. The smallest absolute Gasteiger partial charge is 0.462 e. The Morgan fingerprint density at radius 3 is 2.71 bits per heavy atom. The van der Waals surface area contributed by atoms with E-state index in [0.717, 1.165) is 5.56 Å². The molecular weight excluding hydrogens is 315 g/mol. The Bertz CT molecular complexity index is 586. The topological polar surface area (TPSA) is 82.1 Å². The maximum Gasteiger partial charge on any atom is 0.538 e. The molecule has 0 spiro atoms. The summed E-state index contributed by atoms with van der Waals surface area (Å²) in [6, 6.07) is 5.01. The molecule has 8 heteroatoms. The zero-order chi connectivity index (χ0) is 16.0. The minimum absolute atomic E-state index is 0.176. The molecule has 0 aliphatic heterocycles. The number of ether oxygens (including phenoxy) is 1. The van der Waals surface area contributed by atoms with Gasteiger partial charge in [-0.05, 0) is 44.0 Å². The standard InChI is InChI=1S/C13H17O6PS/c1-9(2)13(14)17-8-7-11-5-4-6-12(10(11)3)18-20(15,16)19-21/h4-6,21H,1,7-8H2,2-3H3,(H,15,16). The molecule has 1 unspecified atom stereocenters. The molecule has 0 radical (unpaired) electrons. The van der Waals surface area contributed by atoms with E-state index in [1.807, 2.05) is 0 Å². The van der Waals surface area contributed by atoms with Crippen molar-refractivity contribution in [1.29, 1.82) is 0 Å². The number of benzene rings is 1. The van der Waals surface area contributed by atoms with E-state index in [4.69, 9.17) is 9.26 Å².